The zero-order valence-corrected chi connectivity index (χ0v) is 6.09. The summed E-state index contributed by atoms with van der Waals surface area (Å²) in [5.41, 5.74) is 0. The van der Waals surface area contributed by atoms with E-state index in [0.717, 1.165) is 0 Å². The van der Waals surface area contributed by atoms with Crippen molar-refractivity contribution in [2.45, 2.75) is 12.8 Å². The second-order valence-electron chi connectivity index (χ2n) is 1.82. The van der Waals surface area contributed by atoms with Crippen LogP contribution < -0.4 is 0 Å². The molecule has 1 heterocycles. The van der Waals surface area contributed by atoms with Crippen LogP contribution in [0, 0.1) is 0 Å². The number of hydrogen-bond donors (Lipinski definition) is 0. The van der Waals surface area contributed by atoms with Gasteiger partial charge in [-0.05, 0) is 0 Å². The maximum Gasteiger partial charge on any atom is 0.506 e. The van der Waals surface area contributed by atoms with Crippen molar-refractivity contribution >= 4 is 22.3 Å². The summed E-state index contributed by atoms with van der Waals surface area (Å²) < 4.78 is 28.3. The van der Waals surface area contributed by atoms with Gasteiger partial charge in [-0.2, -0.15) is 0 Å². The standard InChI is InChI=1S/C4H4O6S/c5-3-1-2-4(6)10-11(7,8)9-3/h1-2H2. The average Bonchev–Trinajstić information content (AvgIpc) is 1.89. The fourth-order valence-corrected chi connectivity index (χ4v) is 1.19. The van der Waals surface area contributed by atoms with Gasteiger partial charge in [0, 0.05) is 0 Å². The summed E-state index contributed by atoms with van der Waals surface area (Å²) in [4.78, 5) is 20.8. The zero-order chi connectivity index (χ0) is 8.48. The molecule has 1 saturated heterocycles. The van der Waals surface area contributed by atoms with Gasteiger partial charge in [-0.25, -0.2) is 0 Å². The molecule has 0 aromatic carbocycles. The SMILES string of the molecule is O=C1CCC(=O)OS(=O)(=O)O1. The quantitative estimate of drug-likeness (QED) is 0.480. The molecule has 62 valence electrons. The summed E-state index contributed by atoms with van der Waals surface area (Å²) in [5, 5.41) is 0. The van der Waals surface area contributed by atoms with Crippen LogP contribution in [-0.4, -0.2) is 20.4 Å². The lowest BCUT2D eigenvalue weighted by Gasteiger charge is -1.96. The predicted octanol–water partition coefficient (Wildman–Crippen LogP) is -0.889. The maximum atomic E-state index is 10.4. The summed E-state index contributed by atoms with van der Waals surface area (Å²) in [6, 6.07) is 0. The Morgan fingerprint density at radius 3 is 1.73 bits per heavy atom. The normalized spacial score (nSPS) is 23.3. The molecule has 0 atom stereocenters. The molecule has 1 rings (SSSR count). The third-order valence-corrected chi connectivity index (χ3v) is 1.70. The molecule has 0 aromatic rings. The molecule has 7 heteroatoms. The first-order chi connectivity index (χ1) is 4.99. The molecular weight excluding hydrogens is 176 g/mol. The molecule has 0 N–H and O–H groups in total. The predicted molar refractivity (Wildman–Crippen MR) is 30.3 cm³/mol. The van der Waals surface area contributed by atoms with Crippen molar-refractivity contribution in [2.24, 2.45) is 0 Å². The van der Waals surface area contributed by atoms with Crippen LogP contribution in [0.25, 0.3) is 0 Å². The van der Waals surface area contributed by atoms with Crippen LogP contribution in [0.4, 0.5) is 0 Å². The van der Waals surface area contributed by atoms with Crippen molar-refractivity contribution in [1.82, 2.24) is 0 Å². The zero-order valence-electron chi connectivity index (χ0n) is 5.27. The smallest absolute Gasteiger partial charge is 0.316 e. The molecule has 0 aliphatic carbocycles. The van der Waals surface area contributed by atoms with E-state index in [1.165, 1.54) is 0 Å². The summed E-state index contributed by atoms with van der Waals surface area (Å²) >= 11 is 0. The Hall–Kier alpha value is -1.11. The van der Waals surface area contributed by atoms with Crippen molar-refractivity contribution < 1.29 is 26.4 Å². The van der Waals surface area contributed by atoms with E-state index in [1.54, 1.807) is 0 Å². The van der Waals surface area contributed by atoms with Gasteiger partial charge < -0.3 is 8.37 Å². The van der Waals surface area contributed by atoms with E-state index in [0.29, 0.717) is 0 Å². The number of rotatable bonds is 0. The summed E-state index contributed by atoms with van der Waals surface area (Å²) in [6.45, 7) is 0. The molecule has 0 bridgehead atoms. The minimum Gasteiger partial charge on any atom is -0.316 e. The van der Waals surface area contributed by atoms with Crippen molar-refractivity contribution in [2.75, 3.05) is 0 Å². The van der Waals surface area contributed by atoms with Crippen molar-refractivity contribution in [3.05, 3.63) is 0 Å². The first-order valence-electron chi connectivity index (χ1n) is 2.69. The summed E-state index contributed by atoms with van der Waals surface area (Å²) in [6.07, 6.45) is -0.532. The van der Waals surface area contributed by atoms with Crippen LogP contribution >= 0.6 is 0 Å². The number of hydrogen-bond acceptors (Lipinski definition) is 6. The van der Waals surface area contributed by atoms with E-state index in [4.69, 9.17) is 0 Å². The highest BCUT2D eigenvalue weighted by molar-refractivity contribution is 7.82. The first kappa shape index (κ1) is 7.99. The summed E-state index contributed by atoms with van der Waals surface area (Å²) in [7, 11) is -4.42. The van der Waals surface area contributed by atoms with E-state index < -0.39 is 22.3 Å². The van der Waals surface area contributed by atoms with Gasteiger partial charge in [0.2, 0.25) is 0 Å². The molecule has 1 fully saturated rings. The van der Waals surface area contributed by atoms with Crippen molar-refractivity contribution in [3.8, 4) is 0 Å². The molecule has 1 aliphatic rings. The second-order valence-corrected chi connectivity index (χ2v) is 2.97. The van der Waals surface area contributed by atoms with Gasteiger partial charge in [0.15, 0.2) is 0 Å². The van der Waals surface area contributed by atoms with Gasteiger partial charge in [-0.15, -0.1) is 8.42 Å². The van der Waals surface area contributed by atoms with E-state index >= 15 is 0 Å². The van der Waals surface area contributed by atoms with Crippen LogP contribution in [0.15, 0.2) is 0 Å². The van der Waals surface area contributed by atoms with Crippen molar-refractivity contribution in [3.63, 3.8) is 0 Å². The van der Waals surface area contributed by atoms with Crippen LogP contribution in [0.5, 0.6) is 0 Å². The van der Waals surface area contributed by atoms with Crippen molar-refractivity contribution in [1.29, 1.82) is 0 Å². The Labute approximate surface area is 62.4 Å². The Morgan fingerprint density at radius 2 is 1.36 bits per heavy atom. The van der Waals surface area contributed by atoms with Crippen LogP contribution in [0.2, 0.25) is 0 Å². The molecule has 0 aromatic heterocycles. The largest absolute Gasteiger partial charge is 0.506 e. The lowest BCUT2D eigenvalue weighted by atomic mass is 10.3. The minimum absolute atomic E-state index is 0.266. The fourth-order valence-electron chi connectivity index (χ4n) is 0.532. The Bertz CT molecular complexity index is 264. The third-order valence-electron chi connectivity index (χ3n) is 0.923. The van der Waals surface area contributed by atoms with Crippen LogP contribution in [-0.2, 0) is 28.4 Å². The third kappa shape index (κ3) is 2.19. The highest BCUT2D eigenvalue weighted by Crippen LogP contribution is 2.08. The van der Waals surface area contributed by atoms with Gasteiger partial charge in [0.05, 0.1) is 12.8 Å². The highest BCUT2D eigenvalue weighted by Gasteiger charge is 2.27. The van der Waals surface area contributed by atoms with Gasteiger partial charge in [-0.3, -0.25) is 9.59 Å². The van der Waals surface area contributed by atoms with Gasteiger partial charge >= 0.3 is 22.3 Å². The van der Waals surface area contributed by atoms with Gasteiger partial charge in [-0.1, -0.05) is 0 Å². The Morgan fingerprint density at radius 1 is 1.00 bits per heavy atom. The lowest BCUT2D eigenvalue weighted by molar-refractivity contribution is -0.135. The van der Waals surface area contributed by atoms with E-state index in [-0.39, 0.29) is 12.8 Å². The monoisotopic (exact) mass is 180 g/mol. The molecule has 0 spiro atoms. The molecule has 0 unspecified atom stereocenters. The molecule has 0 radical (unpaired) electrons. The number of carbonyl (C=O) groups is 2. The average molecular weight is 180 g/mol. The Balaban J connectivity index is 2.88. The molecule has 1 aliphatic heterocycles. The van der Waals surface area contributed by atoms with E-state index in [9.17, 15) is 18.0 Å². The van der Waals surface area contributed by atoms with E-state index in [1.807, 2.05) is 0 Å². The van der Waals surface area contributed by atoms with Crippen LogP contribution in [0.1, 0.15) is 12.8 Å². The second kappa shape index (κ2) is 2.50. The summed E-state index contributed by atoms with van der Waals surface area (Å²) in [5.74, 6) is -1.95. The van der Waals surface area contributed by atoms with Gasteiger partial charge in [0.25, 0.3) is 0 Å². The van der Waals surface area contributed by atoms with Gasteiger partial charge in [0.1, 0.15) is 0 Å². The highest BCUT2D eigenvalue weighted by atomic mass is 32.3. The minimum atomic E-state index is -4.42. The molecule has 0 amide bonds. The topological polar surface area (TPSA) is 86.7 Å². The van der Waals surface area contributed by atoms with Crippen LogP contribution in [0.3, 0.4) is 0 Å². The van der Waals surface area contributed by atoms with E-state index in [2.05, 4.69) is 8.37 Å². The molecule has 0 saturated carbocycles. The Kier molecular flexibility index (Phi) is 1.81. The number of carbonyl (C=O) groups excluding carboxylic acids is 2. The molecule has 11 heavy (non-hydrogen) atoms. The fraction of sp³-hybridized carbons (Fsp3) is 0.500. The molecular formula is C4H4O6S. The first-order valence-corrected chi connectivity index (χ1v) is 4.02. The molecule has 6 nitrogen and oxygen atoms in total. The maximum absolute atomic E-state index is 10.4. The lowest BCUT2D eigenvalue weighted by Crippen LogP contribution is -2.12.